The van der Waals surface area contributed by atoms with Crippen molar-refractivity contribution in [3.63, 3.8) is 0 Å². The van der Waals surface area contributed by atoms with E-state index in [-0.39, 0.29) is 5.91 Å². The maximum Gasteiger partial charge on any atom is 0.239 e. The second-order valence-electron chi connectivity index (χ2n) is 3.73. The lowest BCUT2D eigenvalue weighted by molar-refractivity contribution is -0.125. The van der Waals surface area contributed by atoms with Crippen molar-refractivity contribution in [1.82, 2.24) is 5.32 Å². The van der Waals surface area contributed by atoms with E-state index in [9.17, 15) is 4.79 Å². The summed E-state index contributed by atoms with van der Waals surface area (Å²) in [5.74, 6) is -0.0718. The van der Waals surface area contributed by atoms with Gasteiger partial charge < -0.3 is 15.8 Å². The van der Waals surface area contributed by atoms with Crippen LogP contribution < -0.4 is 11.1 Å². The van der Waals surface area contributed by atoms with E-state index in [1.165, 1.54) is 0 Å². The monoisotopic (exact) mass is 202 g/mol. The predicted octanol–water partition coefficient (Wildman–Crippen LogP) is 0.657. The molecule has 0 radical (unpaired) electrons. The summed E-state index contributed by atoms with van der Waals surface area (Å²) in [5.41, 5.74) is 5.03. The van der Waals surface area contributed by atoms with Crippen molar-refractivity contribution in [2.24, 2.45) is 5.73 Å². The third kappa shape index (κ3) is 5.19. The summed E-state index contributed by atoms with van der Waals surface area (Å²) in [6, 6.07) is 0. The number of hydrogen-bond donors (Lipinski definition) is 2. The van der Waals surface area contributed by atoms with Gasteiger partial charge in [0.2, 0.25) is 5.91 Å². The fraction of sp³-hybridized carbons (Fsp3) is 0.900. The molecule has 0 aromatic rings. The molecule has 0 spiro atoms. The molecule has 0 bridgehead atoms. The van der Waals surface area contributed by atoms with Crippen LogP contribution in [-0.2, 0) is 9.53 Å². The molecule has 0 aliphatic carbocycles. The van der Waals surface area contributed by atoms with Crippen LogP contribution in [0.3, 0.4) is 0 Å². The minimum atomic E-state index is -0.735. The maximum absolute atomic E-state index is 11.5. The van der Waals surface area contributed by atoms with Gasteiger partial charge in [0.05, 0.1) is 5.54 Å². The molecule has 14 heavy (non-hydrogen) atoms. The van der Waals surface area contributed by atoms with Crippen molar-refractivity contribution in [3.05, 3.63) is 0 Å². The molecule has 1 atom stereocenters. The zero-order valence-corrected chi connectivity index (χ0v) is 9.43. The van der Waals surface area contributed by atoms with E-state index in [1.54, 1.807) is 14.0 Å². The molecular formula is C10H22N2O2. The van der Waals surface area contributed by atoms with E-state index in [0.717, 1.165) is 19.4 Å². The van der Waals surface area contributed by atoms with Crippen LogP contribution in [0.15, 0.2) is 0 Å². The number of carbonyl (C=O) groups is 1. The number of hydrogen-bond acceptors (Lipinski definition) is 3. The molecule has 3 N–H and O–H groups in total. The number of carbonyl (C=O) groups excluding carboxylic acids is 1. The summed E-state index contributed by atoms with van der Waals surface area (Å²) in [5, 5.41) is 2.81. The Labute approximate surface area is 86.2 Å². The topological polar surface area (TPSA) is 64.4 Å². The Hall–Kier alpha value is -0.610. The normalized spacial score (nSPS) is 14.9. The molecule has 0 aromatic heterocycles. The van der Waals surface area contributed by atoms with Gasteiger partial charge in [-0.15, -0.1) is 0 Å². The van der Waals surface area contributed by atoms with Crippen LogP contribution in [0.5, 0.6) is 0 Å². The van der Waals surface area contributed by atoms with Crippen molar-refractivity contribution in [1.29, 1.82) is 0 Å². The van der Waals surface area contributed by atoms with Crippen LogP contribution in [0, 0.1) is 0 Å². The van der Waals surface area contributed by atoms with Gasteiger partial charge >= 0.3 is 0 Å². The van der Waals surface area contributed by atoms with Crippen molar-refractivity contribution < 1.29 is 9.53 Å². The molecule has 0 fully saturated rings. The minimum Gasteiger partial charge on any atom is -0.385 e. The zero-order valence-electron chi connectivity index (χ0n) is 9.43. The summed E-state index contributed by atoms with van der Waals surface area (Å²) in [6.07, 6.45) is 2.54. The average Bonchev–Trinajstić information content (AvgIpc) is 2.17. The highest BCUT2D eigenvalue weighted by Crippen LogP contribution is 2.03. The van der Waals surface area contributed by atoms with Gasteiger partial charge in [-0.3, -0.25) is 4.79 Å². The number of nitrogens with two attached hydrogens (primary N) is 1. The Morgan fingerprint density at radius 3 is 2.64 bits per heavy atom. The lowest BCUT2D eigenvalue weighted by atomic mass is 9.99. The minimum absolute atomic E-state index is 0.0718. The van der Waals surface area contributed by atoms with E-state index >= 15 is 0 Å². The van der Waals surface area contributed by atoms with E-state index in [2.05, 4.69) is 5.32 Å². The average molecular weight is 202 g/mol. The van der Waals surface area contributed by atoms with Gasteiger partial charge in [0.15, 0.2) is 0 Å². The van der Waals surface area contributed by atoms with E-state index in [4.69, 9.17) is 10.5 Å². The van der Waals surface area contributed by atoms with Crippen LogP contribution >= 0.6 is 0 Å². The summed E-state index contributed by atoms with van der Waals surface area (Å²) in [4.78, 5) is 11.5. The molecule has 0 aliphatic rings. The Morgan fingerprint density at radius 2 is 2.14 bits per heavy atom. The zero-order chi connectivity index (χ0) is 11.0. The van der Waals surface area contributed by atoms with Crippen LogP contribution in [0.1, 0.15) is 33.1 Å². The standard InChI is InChI=1S/C10H22N2O2/c1-4-10(2,11)9(13)12-7-5-6-8-14-3/h4-8,11H2,1-3H3,(H,12,13). The van der Waals surface area contributed by atoms with Gasteiger partial charge in [-0.05, 0) is 26.2 Å². The summed E-state index contributed by atoms with van der Waals surface area (Å²) < 4.78 is 4.90. The lowest BCUT2D eigenvalue weighted by Crippen LogP contribution is -2.51. The summed E-state index contributed by atoms with van der Waals surface area (Å²) in [7, 11) is 1.67. The van der Waals surface area contributed by atoms with Crippen LogP contribution in [0.4, 0.5) is 0 Å². The number of ether oxygens (including phenoxy) is 1. The SMILES string of the molecule is CCC(C)(N)C(=O)NCCCCOC. The van der Waals surface area contributed by atoms with Gasteiger partial charge in [0.1, 0.15) is 0 Å². The lowest BCUT2D eigenvalue weighted by Gasteiger charge is -2.21. The van der Waals surface area contributed by atoms with Gasteiger partial charge in [0.25, 0.3) is 0 Å². The molecule has 4 heteroatoms. The third-order valence-electron chi connectivity index (χ3n) is 2.31. The van der Waals surface area contributed by atoms with Crippen molar-refractivity contribution in [2.45, 2.75) is 38.6 Å². The maximum atomic E-state index is 11.5. The smallest absolute Gasteiger partial charge is 0.239 e. The molecule has 0 rings (SSSR count). The molecule has 0 saturated carbocycles. The fourth-order valence-electron chi connectivity index (χ4n) is 0.936. The second-order valence-corrected chi connectivity index (χ2v) is 3.73. The molecule has 4 nitrogen and oxygen atoms in total. The fourth-order valence-corrected chi connectivity index (χ4v) is 0.936. The first-order valence-corrected chi connectivity index (χ1v) is 5.10. The van der Waals surface area contributed by atoms with Gasteiger partial charge in [-0.25, -0.2) is 0 Å². The Bertz CT molecular complexity index is 170. The molecule has 0 heterocycles. The summed E-state index contributed by atoms with van der Waals surface area (Å²) >= 11 is 0. The molecule has 1 amide bonds. The first-order valence-electron chi connectivity index (χ1n) is 5.10. The van der Waals surface area contributed by atoms with E-state index in [0.29, 0.717) is 13.0 Å². The quantitative estimate of drug-likeness (QED) is 0.596. The molecule has 0 aromatic carbocycles. The molecule has 0 saturated heterocycles. The van der Waals surface area contributed by atoms with Gasteiger partial charge in [0, 0.05) is 20.3 Å². The second kappa shape index (κ2) is 6.79. The highest BCUT2D eigenvalue weighted by Gasteiger charge is 2.24. The van der Waals surface area contributed by atoms with Crippen molar-refractivity contribution in [3.8, 4) is 0 Å². The first kappa shape index (κ1) is 13.4. The highest BCUT2D eigenvalue weighted by molar-refractivity contribution is 5.85. The molecule has 84 valence electrons. The van der Waals surface area contributed by atoms with Gasteiger partial charge in [-0.1, -0.05) is 6.92 Å². The first-order chi connectivity index (χ1) is 6.54. The predicted molar refractivity (Wildman–Crippen MR) is 57.0 cm³/mol. The largest absolute Gasteiger partial charge is 0.385 e. The molecular weight excluding hydrogens is 180 g/mol. The van der Waals surface area contributed by atoms with Crippen molar-refractivity contribution in [2.75, 3.05) is 20.3 Å². The number of rotatable bonds is 7. The van der Waals surface area contributed by atoms with Crippen molar-refractivity contribution >= 4 is 5.91 Å². The Kier molecular flexibility index (Phi) is 6.49. The number of nitrogens with one attached hydrogen (secondary N) is 1. The number of unbranched alkanes of at least 4 members (excludes halogenated alkanes) is 1. The third-order valence-corrected chi connectivity index (χ3v) is 2.31. The molecule has 0 aliphatic heterocycles. The Balaban J connectivity index is 3.54. The van der Waals surface area contributed by atoms with E-state index in [1.807, 2.05) is 6.92 Å². The van der Waals surface area contributed by atoms with Crippen LogP contribution in [-0.4, -0.2) is 31.7 Å². The highest BCUT2D eigenvalue weighted by atomic mass is 16.5. The van der Waals surface area contributed by atoms with E-state index < -0.39 is 5.54 Å². The number of amides is 1. The van der Waals surface area contributed by atoms with Crippen LogP contribution in [0.2, 0.25) is 0 Å². The van der Waals surface area contributed by atoms with Gasteiger partial charge in [-0.2, -0.15) is 0 Å². The summed E-state index contributed by atoms with van der Waals surface area (Å²) in [6.45, 7) is 5.07. The van der Waals surface area contributed by atoms with Crippen LogP contribution in [0.25, 0.3) is 0 Å². The molecule has 1 unspecified atom stereocenters. The Morgan fingerprint density at radius 1 is 1.50 bits per heavy atom. The number of methoxy groups -OCH3 is 1.